The highest BCUT2D eigenvalue weighted by atomic mass is 16.4. The van der Waals surface area contributed by atoms with Crippen LogP contribution in [0.15, 0.2) is 23.1 Å². The Hall–Kier alpha value is -2.41. The predicted molar refractivity (Wildman–Crippen MR) is 76.6 cm³/mol. The lowest BCUT2D eigenvalue weighted by Gasteiger charge is -2.07. The Balaban J connectivity index is 0.000000383. The van der Waals surface area contributed by atoms with E-state index in [-0.39, 0.29) is 36.4 Å². The number of fused-ring (bicyclic) bond motifs is 1. The number of aromatic hydroxyl groups is 1. The molecule has 21 heavy (non-hydrogen) atoms. The lowest BCUT2D eigenvalue weighted by atomic mass is 10.2. The van der Waals surface area contributed by atoms with Gasteiger partial charge in [0.1, 0.15) is 0 Å². The molecular formula is C14H18N2O5. The smallest absolute Gasteiger partial charge is 0.303 e. The number of aliphatic carboxylic acids is 1. The van der Waals surface area contributed by atoms with E-state index in [9.17, 15) is 14.7 Å². The molecule has 114 valence electrons. The van der Waals surface area contributed by atoms with Crippen molar-refractivity contribution in [2.75, 3.05) is 6.61 Å². The summed E-state index contributed by atoms with van der Waals surface area (Å²) in [6, 6.07) is 3.05. The maximum atomic E-state index is 12.0. The molecule has 0 saturated heterocycles. The topological polar surface area (TPSA) is 112 Å². The second kappa shape index (κ2) is 7.39. The van der Waals surface area contributed by atoms with Crippen molar-refractivity contribution in [2.45, 2.75) is 26.7 Å². The van der Waals surface area contributed by atoms with Gasteiger partial charge in [0, 0.05) is 36.9 Å². The van der Waals surface area contributed by atoms with Crippen molar-refractivity contribution in [3.63, 3.8) is 0 Å². The molecule has 0 radical (unpaired) electrons. The summed E-state index contributed by atoms with van der Waals surface area (Å²) < 4.78 is 1.29. The summed E-state index contributed by atoms with van der Waals surface area (Å²) in [5, 5.41) is 26.2. The molecule has 2 rings (SSSR count). The highest BCUT2D eigenvalue weighted by molar-refractivity contribution is 5.66. The minimum Gasteiger partial charge on any atom is -0.504 e. The first-order chi connectivity index (χ1) is 9.92. The van der Waals surface area contributed by atoms with E-state index in [1.54, 1.807) is 26.1 Å². The largest absolute Gasteiger partial charge is 0.504 e. The zero-order valence-corrected chi connectivity index (χ0v) is 11.9. The minimum absolute atomic E-state index is 0.0294. The van der Waals surface area contributed by atoms with Crippen LogP contribution in [0.3, 0.4) is 0 Å². The van der Waals surface area contributed by atoms with E-state index in [1.165, 1.54) is 10.5 Å². The number of nitrogens with zero attached hydrogens (tertiary/aromatic N) is 2. The van der Waals surface area contributed by atoms with Gasteiger partial charge in [-0.25, -0.2) is 4.98 Å². The monoisotopic (exact) mass is 294 g/mol. The molecule has 2 heterocycles. The molecule has 2 aromatic rings. The summed E-state index contributed by atoms with van der Waals surface area (Å²) in [4.78, 5) is 25.5. The van der Waals surface area contributed by atoms with Crippen molar-refractivity contribution >= 4 is 11.6 Å². The first-order valence-corrected chi connectivity index (χ1v) is 6.44. The molecule has 7 nitrogen and oxygen atoms in total. The molecule has 0 amide bonds. The van der Waals surface area contributed by atoms with E-state index in [2.05, 4.69) is 4.98 Å². The first-order valence-electron chi connectivity index (χ1n) is 6.44. The molecular weight excluding hydrogens is 276 g/mol. The summed E-state index contributed by atoms with van der Waals surface area (Å²) in [5.74, 6) is -0.775. The normalized spacial score (nSPS) is 10.0. The zero-order chi connectivity index (χ0) is 16.0. The van der Waals surface area contributed by atoms with Crippen molar-refractivity contribution < 1.29 is 20.1 Å². The number of carbonyl (C=O) groups is 1. The molecule has 7 heteroatoms. The van der Waals surface area contributed by atoms with Crippen LogP contribution in [0.5, 0.6) is 5.75 Å². The third kappa shape index (κ3) is 4.03. The number of pyridine rings is 1. The van der Waals surface area contributed by atoms with Crippen LogP contribution in [0, 0.1) is 6.92 Å². The van der Waals surface area contributed by atoms with Gasteiger partial charge in [0.15, 0.2) is 11.4 Å². The average Bonchev–Trinajstić information content (AvgIpc) is 2.45. The average molecular weight is 294 g/mol. The summed E-state index contributed by atoms with van der Waals surface area (Å²) in [6.45, 7) is 3.20. The van der Waals surface area contributed by atoms with Crippen molar-refractivity contribution in [1.82, 2.24) is 9.38 Å². The quantitative estimate of drug-likeness (QED) is 0.769. The van der Waals surface area contributed by atoms with E-state index >= 15 is 0 Å². The van der Waals surface area contributed by atoms with Gasteiger partial charge in [0.05, 0.1) is 0 Å². The maximum Gasteiger partial charge on any atom is 0.303 e. The number of carboxylic acids is 1. The Morgan fingerprint density at radius 1 is 1.43 bits per heavy atom. The van der Waals surface area contributed by atoms with E-state index < -0.39 is 5.97 Å². The molecule has 0 atom stereocenters. The Kier molecular flexibility index (Phi) is 5.86. The molecule has 0 aliphatic carbocycles. The number of rotatable bonds is 3. The molecule has 3 N–H and O–H groups in total. The summed E-state index contributed by atoms with van der Waals surface area (Å²) in [6.07, 6.45) is 2.04. The molecule has 0 unspecified atom stereocenters. The Labute approximate surface area is 121 Å². The Bertz CT molecular complexity index is 694. The zero-order valence-electron chi connectivity index (χ0n) is 11.9. The van der Waals surface area contributed by atoms with Crippen LogP contribution in [-0.4, -0.2) is 37.3 Å². The first kappa shape index (κ1) is 16.6. The molecule has 0 bridgehead atoms. The molecule has 0 aromatic carbocycles. The number of aromatic nitrogens is 2. The van der Waals surface area contributed by atoms with Crippen molar-refractivity contribution in [2.24, 2.45) is 0 Å². The van der Waals surface area contributed by atoms with E-state index in [4.69, 9.17) is 10.2 Å². The second-order valence-electron chi connectivity index (χ2n) is 4.29. The predicted octanol–water partition coefficient (Wildman–Crippen LogP) is 0.724. The van der Waals surface area contributed by atoms with Gasteiger partial charge in [-0.15, -0.1) is 0 Å². The number of hydrogen-bond acceptors (Lipinski definition) is 5. The lowest BCUT2D eigenvalue weighted by Crippen LogP contribution is -2.22. The fraction of sp³-hybridized carbons (Fsp3) is 0.357. The number of aliphatic hydroxyl groups excluding tert-OH is 1. The summed E-state index contributed by atoms with van der Waals surface area (Å²) >= 11 is 0. The van der Waals surface area contributed by atoms with Gasteiger partial charge in [0.25, 0.3) is 5.56 Å². The minimum atomic E-state index is -0.745. The van der Waals surface area contributed by atoms with Gasteiger partial charge in [-0.3, -0.25) is 14.0 Å². The van der Waals surface area contributed by atoms with Crippen LogP contribution in [0.2, 0.25) is 0 Å². The van der Waals surface area contributed by atoms with Crippen LogP contribution in [0.25, 0.3) is 5.65 Å². The Morgan fingerprint density at radius 2 is 2.05 bits per heavy atom. The molecule has 0 saturated carbocycles. The third-order valence-corrected chi connectivity index (χ3v) is 2.80. The summed E-state index contributed by atoms with van der Waals surface area (Å²) in [5.41, 5.74) is 1.02. The molecule has 0 spiro atoms. The number of hydrogen-bond donors (Lipinski definition) is 3. The number of carboxylic acid groups (broad SMARTS) is 1. The summed E-state index contributed by atoms with van der Waals surface area (Å²) in [7, 11) is 0. The Morgan fingerprint density at radius 3 is 2.57 bits per heavy atom. The fourth-order valence-electron chi connectivity index (χ4n) is 1.69. The molecule has 0 aliphatic rings. The number of aryl methyl sites for hydroxylation is 1. The van der Waals surface area contributed by atoms with Gasteiger partial charge in [-0.1, -0.05) is 6.92 Å². The highest BCUT2D eigenvalue weighted by Gasteiger charge is 2.10. The SMILES string of the molecule is CCC(=O)O.Cc1nc2c(O)cccn2c(=O)c1CCO. The molecule has 0 aliphatic heterocycles. The van der Waals surface area contributed by atoms with Gasteiger partial charge < -0.3 is 15.3 Å². The van der Waals surface area contributed by atoms with E-state index in [0.717, 1.165) is 0 Å². The van der Waals surface area contributed by atoms with Crippen LogP contribution in [-0.2, 0) is 11.2 Å². The third-order valence-electron chi connectivity index (χ3n) is 2.80. The van der Waals surface area contributed by atoms with Crippen molar-refractivity contribution in [3.8, 4) is 5.75 Å². The van der Waals surface area contributed by atoms with E-state index in [1.807, 2.05) is 0 Å². The van der Waals surface area contributed by atoms with Crippen LogP contribution >= 0.6 is 0 Å². The van der Waals surface area contributed by atoms with Gasteiger partial charge in [-0.2, -0.15) is 0 Å². The molecule has 2 aromatic heterocycles. The van der Waals surface area contributed by atoms with Crippen LogP contribution < -0.4 is 5.56 Å². The van der Waals surface area contributed by atoms with Crippen molar-refractivity contribution in [3.05, 3.63) is 39.9 Å². The van der Waals surface area contributed by atoms with Crippen LogP contribution in [0.4, 0.5) is 0 Å². The standard InChI is InChI=1S/C11H12N2O3.C3H6O2/c1-7-8(4-6-14)11(16)13-5-2-3-9(15)10(13)12-7;1-2-3(4)5/h2-3,5,14-15H,4,6H2,1H3;2H2,1H3,(H,4,5). The van der Waals surface area contributed by atoms with Gasteiger partial charge in [-0.05, 0) is 19.1 Å². The number of aliphatic hydroxyl groups is 1. The second-order valence-corrected chi connectivity index (χ2v) is 4.29. The fourth-order valence-corrected chi connectivity index (χ4v) is 1.69. The maximum absolute atomic E-state index is 12.0. The molecule has 0 fully saturated rings. The van der Waals surface area contributed by atoms with Crippen LogP contribution in [0.1, 0.15) is 24.6 Å². The van der Waals surface area contributed by atoms with Gasteiger partial charge >= 0.3 is 5.97 Å². The highest BCUT2D eigenvalue weighted by Crippen LogP contribution is 2.14. The lowest BCUT2D eigenvalue weighted by molar-refractivity contribution is -0.136. The van der Waals surface area contributed by atoms with E-state index in [0.29, 0.717) is 11.3 Å². The van der Waals surface area contributed by atoms with Gasteiger partial charge in [0.2, 0.25) is 0 Å². The van der Waals surface area contributed by atoms with Crippen molar-refractivity contribution in [1.29, 1.82) is 0 Å².